The van der Waals surface area contributed by atoms with E-state index in [4.69, 9.17) is 4.74 Å². The standard InChI is InChI=1S/C19H15N5O3S2/c1-12-9-16(22-18-14(12)5-3-6-15(18)27-2)24-19(13(10-20)11-21-24)23-29(25,26)17-7-4-8-28-17/h3-9,11,23H,1-2H3. The molecule has 0 aliphatic rings. The number of methoxy groups -OCH3 is 1. The van der Waals surface area contributed by atoms with Gasteiger partial charge >= 0.3 is 0 Å². The molecule has 0 bridgehead atoms. The van der Waals surface area contributed by atoms with Crippen LogP contribution in [0.25, 0.3) is 16.7 Å². The summed E-state index contributed by atoms with van der Waals surface area (Å²) >= 11 is 1.08. The van der Waals surface area contributed by atoms with Gasteiger partial charge in [0.1, 0.15) is 27.1 Å². The topological polar surface area (TPSA) is 110 Å². The molecule has 29 heavy (non-hydrogen) atoms. The molecule has 4 aromatic rings. The monoisotopic (exact) mass is 425 g/mol. The van der Waals surface area contributed by atoms with Crippen LogP contribution in [-0.4, -0.2) is 30.3 Å². The molecule has 0 fully saturated rings. The third kappa shape index (κ3) is 3.30. The van der Waals surface area contributed by atoms with Crippen molar-refractivity contribution in [2.24, 2.45) is 0 Å². The van der Waals surface area contributed by atoms with Gasteiger partial charge in [0.2, 0.25) is 0 Å². The van der Waals surface area contributed by atoms with Crippen LogP contribution in [0.2, 0.25) is 0 Å². The lowest BCUT2D eigenvalue weighted by molar-refractivity contribution is 0.419. The normalized spacial score (nSPS) is 11.3. The maximum absolute atomic E-state index is 12.7. The number of benzene rings is 1. The minimum Gasteiger partial charge on any atom is -0.494 e. The molecule has 0 atom stereocenters. The van der Waals surface area contributed by atoms with Gasteiger partial charge in [-0.15, -0.1) is 11.3 Å². The minimum atomic E-state index is -3.86. The molecule has 4 rings (SSSR count). The molecule has 146 valence electrons. The Balaban J connectivity index is 1.89. The maximum atomic E-state index is 12.7. The fourth-order valence-corrected chi connectivity index (χ4v) is 5.00. The number of fused-ring (bicyclic) bond motifs is 1. The zero-order valence-corrected chi connectivity index (χ0v) is 17.1. The number of nitrogens with zero attached hydrogens (tertiary/aromatic N) is 4. The lowest BCUT2D eigenvalue weighted by Crippen LogP contribution is -2.16. The van der Waals surface area contributed by atoms with Crippen LogP contribution < -0.4 is 9.46 Å². The van der Waals surface area contributed by atoms with E-state index in [1.807, 2.05) is 25.1 Å². The first-order valence-electron chi connectivity index (χ1n) is 8.44. The molecule has 10 heteroatoms. The number of sulfonamides is 1. The second-order valence-electron chi connectivity index (χ2n) is 6.12. The summed E-state index contributed by atoms with van der Waals surface area (Å²) in [5, 5.41) is 16.2. The molecule has 0 saturated heterocycles. The van der Waals surface area contributed by atoms with Crippen molar-refractivity contribution >= 4 is 38.1 Å². The number of rotatable bonds is 5. The Kier molecular flexibility index (Phi) is 4.70. The van der Waals surface area contributed by atoms with Crippen LogP contribution in [0.15, 0.2) is 52.2 Å². The summed E-state index contributed by atoms with van der Waals surface area (Å²) < 4.78 is 34.7. The van der Waals surface area contributed by atoms with Gasteiger partial charge in [0.15, 0.2) is 11.6 Å². The lowest BCUT2D eigenvalue weighted by Gasteiger charge is -2.13. The lowest BCUT2D eigenvalue weighted by atomic mass is 10.1. The van der Waals surface area contributed by atoms with Crippen molar-refractivity contribution in [2.75, 3.05) is 11.8 Å². The number of para-hydroxylation sites is 1. The van der Waals surface area contributed by atoms with Crippen molar-refractivity contribution < 1.29 is 13.2 Å². The number of hydrogen-bond donors (Lipinski definition) is 1. The van der Waals surface area contributed by atoms with Crippen LogP contribution in [0.1, 0.15) is 11.1 Å². The molecule has 3 heterocycles. The highest BCUT2D eigenvalue weighted by atomic mass is 32.2. The van der Waals surface area contributed by atoms with Crippen molar-refractivity contribution in [1.82, 2.24) is 14.8 Å². The fourth-order valence-electron chi connectivity index (χ4n) is 2.94. The molecule has 0 aliphatic carbocycles. The predicted octanol–water partition coefficient (Wildman–Crippen LogP) is 3.47. The summed E-state index contributed by atoms with van der Waals surface area (Å²) in [6.45, 7) is 1.91. The number of ether oxygens (including phenoxy) is 1. The minimum absolute atomic E-state index is 0.0297. The second-order valence-corrected chi connectivity index (χ2v) is 8.98. The molecule has 3 aromatic heterocycles. The quantitative estimate of drug-likeness (QED) is 0.524. The van der Waals surface area contributed by atoms with Crippen LogP contribution in [0.3, 0.4) is 0 Å². The largest absolute Gasteiger partial charge is 0.494 e. The molecule has 0 radical (unpaired) electrons. The van der Waals surface area contributed by atoms with Gasteiger partial charge in [-0.05, 0) is 36.1 Å². The molecule has 0 aliphatic heterocycles. The van der Waals surface area contributed by atoms with Gasteiger partial charge in [-0.1, -0.05) is 18.2 Å². The predicted molar refractivity (Wildman–Crippen MR) is 110 cm³/mol. The number of nitriles is 1. The molecule has 0 spiro atoms. The Labute approximate surface area is 171 Å². The number of hydrogen-bond acceptors (Lipinski definition) is 7. The van der Waals surface area contributed by atoms with Crippen molar-refractivity contribution in [3.05, 3.63) is 59.1 Å². The number of nitrogens with one attached hydrogen (secondary N) is 1. The van der Waals surface area contributed by atoms with Gasteiger partial charge in [0.05, 0.1) is 13.3 Å². The third-order valence-corrected chi connectivity index (χ3v) is 7.05. The number of aryl methyl sites for hydroxylation is 1. The summed E-state index contributed by atoms with van der Waals surface area (Å²) in [4.78, 5) is 4.61. The van der Waals surface area contributed by atoms with Gasteiger partial charge in [0, 0.05) is 5.39 Å². The van der Waals surface area contributed by atoms with E-state index in [2.05, 4.69) is 14.8 Å². The summed E-state index contributed by atoms with van der Waals surface area (Å²) in [5.41, 5.74) is 1.61. The van der Waals surface area contributed by atoms with E-state index < -0.39 is 10.0 Å². The van der Waals surface area contributed by atoms with E-state index in [9.17, 15) is 13.7 Å². The number of thiophene rings is 1. The summed E-state index contributed by atoms with van der Waals surface area (Å²) in [7, 11) is -2.31. The third-order valence-electron chi connectivity index (χ3n) is 4.31. The molecule has 0 saturated carbocycles. The Bertz CT molecular complexity index is 1350. The number of pyridine rings is 1. The van der Waals surface area contributed by atoms with E-state index in [1.165, 1.54) is 16.9 Å². The average Bonchev–Trinajstić information content (AvgIpc) is 3.37. The molecular formula is C19H15N5O3S2. The molecular weight excluding hydrogens is 410 g/mol. The highest BCUT2D eigenvalue weighted by Gasteiger charge is 2.22. The molecule has 0 unspecified atom stereocenters. The number of anilines is 1. The van der Waals surface area contributed by atoms with Crippen LogP contribution in [0, 0.1) is 18.3 Å². The molecule has 0 amide bonds. The molecule has 1 aromatic carbocycles. The van der Waals surface area contributed by atoms with Crippen molar-refractivity contribution in [3.63, 3.8) is 0 Å². The van der Waals surface area contributed by atoms with E-state index in [0.717, 1.165) is 22.3 Å². The Morgan fingerprint density at radius 1 is 1.28 bits per heavy atom. The highest BCUT2D eigenvalue weighted by molar-refractivity contribution is 7.94. The van der Waals surface area contributed by atoms with Gasteiger partial charge < -0.3 is 4.74 Å². The van der Waals surface area contributed by atoms with Crippen LogP contribution in [0.5, 0.6) is 5.75 Å². The highest BCUT2D eigenvalue weighted by Crippen LogP contribution is 2.30. The SMILES string of the molecule is COc1cccc2c(C)cc(-n3ncc(C#N)c3NS(=O)(=O)c3cccs3)nc12. The first-order chi connectivity index (χ1) is 13.9. The Morgan fingerprint density at radius 2 is 2.10 bits per heavy atom. The van der Waals surface area contributed by atoms with E-state index in [-0.39, 0.29) is 15.6 Å². The Hall–Kier alpha value is -3.42. The average molecular weight is 425 g/mol. The van der Waals surface area contributed by atoms with Gasteiger partial charge in [-0.3, -0.25) is 4.72 Å². The van der Waals surface area contributed by atoms with Gasteiger partial charge in [-0.2, -0.15) is 15.0 Å². The van der Waals surface area contributed by atoms with Gasteiger partial charge in [-0.25, -0.2) is 13.4 Å². The summed E-state index contributed by atoms with van der Waals surface area (Å²) in [6.07, 6.45) is 1.30. The molecule has 8 nitrogen and oxygen atoms in total. The van der Waals surface area contributed by atoms with Crippen molar-refractivity contribution in [1.29, 1.82) is 5.26 Å². The van der Waals surface area contributed by atoms with E-state index in [0.29, 0.717) is 17.1 Å². The summed E-state index contributed by atoms with van der Waals surface area (Å²) in [6, 6.07) is 12.5. The van der Waals surface area contributed by atoms with Crippen molar-refractivity contribution in [3.8, 4) is 17.6 Å². The zero-order chi connectivity index (χ0) is 20.6. The van der Waals surface area contributed by atoms with Crippen LogP contribution in [0.4, 0.5) is 5.82 Å². The zero-order valence-electron chi connectivity index (χ0n) is 15.4. The van der Waals surface area contributed by atoms with E-state index >= 15 is 0 Å². The first kappa shape index (κ1) is 18.9. The summed E-state index contributed by atoms with van der Waals surface area (Å²) in [5.74, 6) is 0.979. The van der Waals surface area contributed by atoms with Crippen molar-refractivity contribution in [2.45, 2.75) is 11.1 Å². The maximum Gasteiger partial charge on any atom is 0.272 e. The first-order valence-corrected chi connectivity index (χ1v) is 10.8. The van der Waals surface area contributed by atoms with Gasteiger partial charge in [0.25, 0.3) is 10.0 Å². The second kappa shape index (κ2) is 7.20. The number of aromatic nitrogens is 3. The van der Waals surface area contributed by atoms with Crippen LogP contribution in [-0.2, 0) is 10.0 Å². The Morgan fingerprint density at radius 3 is 2.79 bits per heavy atom. The van der Waals surface area contributed by atoms with Crippen LogP contribution >= 0.6 is 11.3 Å². The fraction of sp³-hybridized carbons (Fsp3) is 0.105. The molecule has 1 N–H and O–H groups in total. The smallest absolute Gasteiger partial charge is 0.272 e. The van der Waals surface area contributed by atoms with E-state index in [1.54, 1.807) is 30.7 Å².